The summed E-state index contributed by atoms with van der Waals surface area (Å²) in [5.74, 6) is 0. The van der Waals surface area contributed by atoms with Gasteiger partial charge in [-0.25, -0.2) is 0 Å². The van der Waals surface area contributed by atoms with E-state index in [0.717, 1.165) is 10.2 Å². The molecule has 0 fully saturated rings. The molecule has 1 aliphatic rings. The second-order valence-electron chi connectivity index (χ2n) is 3.60. The Balaban J connectivity index is 1.89. The molecule has 0 amide bonds. The quantitative estimate of drug-likeness (QED) is 0.860. The molecule has 3 heterocycles. The fraction of sp³-hybridized carbons (Fsp3) is 0.0833. The highest BCUT2D eigenvalue weighted by molar-refractivity contribution is 9.11. The maximum absolute atomic E-state index is 5.41. The Kier molecular flexibility index (Phi) is 2.96. The van der Waals surface area contributed by atoms with E-state index in [9.17, 15) is 0 Å². The molecule has 0 unspecified atom stereocenters. The molecule has 0 spiro atoms. The maximum atomic E-state index is 5.41. The zero-order valence-electron chi connectivity index (χ0n) is 8.76. The highest BCUT2D eigenvalue weighted by Crippen LogP contribution is 2.35. The lowest BCUT2D eigenvalue weighted by Gasteiger charge is -2.03. The molecule has 0 saturated heterocycles. The van der Waals surface area contributed by atoms with Gasteiger partial charge in [-0.15, -0.1) is 11.3 Å². The Bertz CT molecular complexity index is 553. The van der Waals surface area contributed by atoms with Gasteiger partial charge in [0.2, 0.25) is 0 Å². The highest BCUT2D eigenvalue weighted by atomic mass is 79.9. The first-order chi connectivity index (χ1) is 8.33. The third-order valence-electron chi connectivity index (χ3n) is 2.43. The van der Waals surface area contributed by atoms with Crippen molar-refractivity contribution in [3.05, 3.63) is 52.2 Å². The van der Waals surface area contributed by atoms with Crippen LogP contribution in [-0.4, -0.2) is 4.98 Å². The minimum atomic E-state index is -0.0141. The lowest BCUT2D eigenvalue weighted by molar-refractivity contribution is 0.0477. The van der Waals surface area contributed by atoms with Gasteiger partial charge >= 0.3 is 0 Å². The molecule has 1 N–H and O–H groups in total. The van der Waals surface area contributed by atoms with Gasteiger partial charge in [-0.05, 0) is 40.2 Å². The molecule has 3 rings (SSSR count). The van der Waals surface area contributed by atoms with Crippen LogP contribution in [0, 0.1) is 0 Å². The molecule has 0 radical (unpaired) electrons. The van der Waals surface area contributed by atoms with E-state index in [-0.39, 0.29) is 6.10 Å². The monoisotopic (exact) mass is 308 g/mol. The van der Waals surface area contributed by atoms with Gasteiger partial charge in [-0.2, -0.15) is 0 Å². The predicted molar refractivity (Wildman–Crippen MR) is 71.5 cm³/mol. The average molecular weight is 309 g/mol. The van der Waals surface area contributed by atoms with Crippen molar-refractivity contribution in [2.24, 2.45) is 0 Å². The third-order valence-corrected chi connectivity index (χ3v) is 4.06. The number of thiophene rings is 1. The van der Waals surface area contributed by atoms with Crippen LogP contribution in [0.3, 0.4) is 0 Å². The molecule has 1 aliphatic heterocycles. The summed E-state index contributed by atoms with van der Waals surface area (Å²) in [6.45, 7) is 0. The van der Waals surface area contributed by atoms with Gasteiger partial charge < -0.3 is 0 Å². The molecule has 86 valence electrons. The Morgan fingerprint density at radius 1 is 1.35 bits per heavy atom. The summed E-state index contributed by atoms with van der Waals surface area (Å²) in [5, 5.41) is 0. The number of pyridine rings is 1. The van der Waals surface area contributed by atoms with Gasteiger partial charge in [0.25, 0.3) is 0 Å². The van der Waals surface area contributed by atoms with Crippen LogP contribution in [0.15, 0.2) is 47.3 Å². The smallest absolute Gasteiger partial charge is 0.141 e. The summed E-state index contributed by atoms with van der Waals surface area (Å²) < 4.78 is 0.874. The molecule has 17 heavy (non-hydrogen) atoms. The van der Waals surface area contributed by atoms with Crippen molar-refractivity contribution in [3.63, 3.8) is 0 Å². The van der Waals surface area contributed by atoms with Crippen LogP contribution in [0.1, 0.15) is 11.0 Å². The third kappa shape index (κ3) is 2.26. The topological polar surface area (TPSA) is 34.1 Å². The first-order valence-electron chi connectivity index (χ1n) is 5.12. The second kappa shape index (κ2) is 4.60. The number of rotatable bonds is 2. The van der Waals surface area contributed by atoms with Gasteiger partial charge in [0.1, 0.15) is 10.7 Å². The summed E-state index contributed by atoms with van der Waals surface area (Å²) in [7, 11) is 0. The first kappa shape index (κ1) is 11.0. The molecule has 0 aliphatic carbocycles. The van der Waals surface area contributed by atoms with Crippen molar-refractivity contribution in [1.29, 1.82) is 0 Å². The lowest BCUT2D eigenvalue weighted by atomic mass is 10.2. The molecular formula is C12H9BrN2OS. The summed E-state index contributed by atoms with van der Waals surface area (Å²) in [6, 6.07) is 8.18. The number of hydroxylamine groups is 1. The minimum Gasteiger partial charge on any atom is -0.264 e. The van der Waals surface area contributed by atoms with Crippen molar-refractivity contribution >= 4 is 27.3 Å². The van der Waals surface area contributed by atoms with E-state index in [0.29, 0.717) is 0 Å². The van der Waals surface area contributed by atoms with E-state index >= 15 is 0 Å². The van der Waals surface area contributed by atoms with Gasteiger partial charge in [-0.1, -0.05) is 6.07 Å². The average Bonchev–Trinajstić information content (AvgIpc) is 2.98. The summed E-state index contributed by atoms with van der Waals surface area (Å²) >= 11 is 5.06. The molecule has 2 aromatic heterocycles. The van der Waals surface area contributed by atoms with Crippen molar-refractivity contribution in [2.45, 2.75) is 6.10 Å². The summed E-state index contributed by atoms with van der Waals surface area (Å²) in [5.41, 5.74) is 3.93. The molecule has 5 heteroatoms. The van der Waals surface area contributed by atoms with Crippen LogP contribution in [0.4, 0.5) is 0 Å². The second-order valence-corrected chi connectivity index (χ2v) is 5.57. The van der Waals surface area contributed by atoms with E-state index in [2.05, 4.69) is 44.6 Å². The van der Waals surface area contributed by atoms with Gasteiger partial charge in [0.15, 0.2) is 0 Å². The SMILES string of the molecule is BrC1=C[C@@H](c2ccc(-c3cccnc3)s2)ON1. The first-order valence-corrected chi connectivity index (χ1v) is 6.73. The van der Waals surface area contributed by atoms with Crippen molar-refractivity contribution in [2.75, 3.05) is 0 Å². The number of nitrogens with zero attached hydrogens (tertiary/aromatic N) is 1. The van der Waals surface area contributed by atoms with Crippen LogP contribution in [0.25, 0.3) is 10.4 Å². The van der Waals surface area contributed by atoms with Crippen LogP contribution < -0.4 is 5.48 Å². The van der Waals surface area contributed by atoms with Crippen molar-refractivity contribution < 1.29 is 4.84 Å². The number of hydrogen-bond donors (Lipinski definition) is 1. The maximum Gasteiger partial charge on any atom is 0.141 e. The van der Waals surface area contributed by atoms with E-state index in [1.807, 2.05) is 18.3 Å². The fourth-order valence-corrected chi connectivity index (χ4v) is 2.96. The van der Waals surface area contributed by atoms with Crippen molar-refractivity contribution in [3.8, 4) is 10.4 Å². The fourth-order valence-electron chi connectivity index (χ4n) is 1.63. The number of nitrogens with one attached hydrogen (secondary N) is 1. The van der Waals surface area contributed by atoms with E-state index in [1.165, 1.54) is 9.75 Å². The number of halogens is 1. The van der Waals surface area contributed by atoms with E-state index in [4.69, 9.17) is 4.84 Å². The van der Waals surface area contributed by atoms with Crippen LogP contribution in [-0.2, 0) is 4.84 Å². The summed E-state index contributed by atoms with van der Waals surface area (Å²) in [4.78, 5) is 11.9. The highest BCUT2D eigenvalue weighted by Gasteiger charge is 2.18. The lowest BCUT2D eigenvalue weighted by Crippen LogP contribution is -2.03. The molecule has 1 atom stereocenters. The minimum absolute atomic E-state index is 0.0141. The molecule has 0 saturated carbocycles. The summed E-state index contributed by atoms with van der Waals surface area (Å²) in [6.07, 6.45) is 5.63. The normalized spacial score (nSPS) is 18.9. The Labute approximate surface area is 111 Å². The largest absolute Gasteiger partial charge is 0.264 e. The number of aromatic nitrogens is 1. The standard InChI is InChI=1S/C12H9BrN2OS/c13-12-6-9(16-15-12)11-4-3-10(17-11)8-2-1-5-14-7-8/h1-7,9,15H/t9-/m0/s1. The zero-order valence-corrected chi connectivity index (χ0v) is 11.2. The van der Waals surface area contributed by atoms with E-state index in [1.54, 1.807) is 17.5 Å². The van der Waals surface area contributed by atoms with Crippen molar-refractivity contribution in [1.82, 2.24) is 10.5 Å². The van der Waals surface area contributed by atoms with Crippen LogP contribution in [0.2, 0.25) is 0 Å². The Morgan fingerprint density at radius 2 is 2.29 bits per heavy atom. The Morgan fingerprint density at radius 3 is 3.00 bits per heavy atom. The van der Waals surface area contributed by atoms with E-state index < -0.39 is 0 Å². The molecular weight excluding hydrogens is 300 g/mol. The Hall–Kier alpha value is -1.17. The zero-order chi connectivity index (χ0) is 11.7. The van der Waals surface area contributed by atoms with Gasteiger partial charge in [0, 0.05) is 27.7 Å². The number of hydrogen-bond acceptors (Lipinski definition) is 4. The van der Waals surface area contributed by atoms with Gasteiger partial charge in [0.05, 0.1) is 0 Å². The molecule has 3 nitrogen and oxygen atoms in total. The van der Waals surface area contributed by atoms with Crippen LogP contribution in [0.5, 0.6) is 0 Å². The predicted octanol–water partition coefficient (Wildman–Crippen LogP) is 3.62. The van der Waals surface area contributed by atoms with Crippen LogP contribution >= 0.6 is 27.3 Å². The molecule has 0 bridgehead atoms. The van der Waals surface area contributed by atoms with Gasteiger partial charge in [-0.3, -0.25) is 15.3 Å². The molecule has 2 aromatic rings. The molecule has 0 aromatic carbocycles.